The Bertz CT molecular complexity index is 1870. The van der Waals surface area contributed by atoms with Crippen LogP contribution in [0.5, 0.6) is 5.75 Å². The van der Waals surface area contributed by atoms with Gasteiger partial charge in [-0.15, -0.1) is 4.57 Å². The van der Waals surface area contributed by atoms with Gasteiger partial charge in [0.25, 0.3) is 0 Å². The standard InChI is InChI=1S/C31H29F2N7O4/c1-3-23(42)37-11-12-38(16(2)14-37)29-19-13-21(33)27(24-20(32)5-4-6-22(24)41)40(44)30(19)39(31(43)36-29)28-25(17-7-8-17)34-15-35-26(28)18-9-10-18/h3-6,13,15-18,41H,1,7-12,14H2,2H3/t16-/m0/s1. The number of carbonyl (C=O) groups excluding carboxylic acids is 1. The second kappa shape index (κ2) is 10.4. The number of anilines is 1. The van der Waals surface area contributed by atoms with Crippen LogP contribution in [0.3, 0.4) is 0 Å². The van der Waals surface area contributed by atoms with Gasteiger partial charge in [0, 0.05) is 37.5 Å². The van der Waals surface area contributed by atoms with Gasteiger partial charge in [-0.3, -0.25) is 4.79 Å². The van der Waals surface area contributed by atoms with E-state index in [2.05, 4.69) is 21.5 Å². The first-order chi connectivity index (χ1) is 21.2. The van der Waals surface area contributed by atoms with Crippen LogP contribution in [-0.4, -0.2) is 61.1 Å². The van der Waals surface area contributed by atoms with Crippen molar-refractivity contribution in [2.75, 3.05) is 24.5 Å². The number of amides is 1. The molecule has 0 spiro atoms. The molecule has 0 unspecified atom stereocenters. The summed E-state index contributed by atoms with van der Waals surface area (Å²) in [5.74, 6) is -2.82. The zero-order valence-electron chi connectivity index (χ0n) is 23.9. The number of benzene rings is 1. The predicted octanol–water partition coefficient (Wildman–Crippen LogP) is 3.44. The zero-order chi connectivity index (χ0) is 30.9. The molecule has 1 N–H and O–H groups in total. The lowest BCUT2D eigenvalue weighted by atomic mass is 10.1. The summed E-state index contributed by atoms with van der Waals surface area (Å²) in [6.07, 6.45) is 6.06. The minimum atomic E-state index is -1.11. The fourth-order valence-corrected chi connectivity index (χ4v) is 6.18. The average molecular weight is 602 g/mol. The van der Waals surface area contributed by atoms with Gasteiger partial charge in [0.05, 0.1) is 11.4 Å². The minimum absolute atomic E-state index is 0.0133. The molecule has 1 atom stereocenters. The summed E-state index contributed by atoms with van der Waals surface area (Å²) in [7, 11) is 0. The van der Waals surface area contributed by atoms with Gasteiger partial charge in [-0.1, -0.05) is 12.6 Å². The summed E-state index contributed by atoms with van der Waals surface area (Å²) in [5.41, 5.74) is -0.934. The molecule has 7 rings (SSSR count). The maximum absolute atomic E-state index is 16.0. The lowest BCUT2D eigenvalue weighted by molar-refractivity contribution is -0.569. The van der Waals surface area contributed by atoms with Crippen LogP contribution in [0, 0.1) is 16.8 Å². The first-order valence-corrected chi connectivity index (χ1v) is 14.6. The molecule has 4 aromatic rings. The number of pyridine rings is 1. The predicted molar refractivity (Wildman–Crippen MR) is 156 cm³/mol. The Kier molecular flexibility index (Phi) is 6.56. The number of nitrogens with zero attached hydrogens (tertiary/aromatic N) is 7. The molecule has 13 heteroatoms. The van der Waals surface area contributed by atoms with E-state index in [9.17, 15) is 19.9 Å². The second-order valence-electron chi connectivity index (χ2n) is 11.6. The highest BCUT2D eigenvalue weighted by Gasteiger charge is 2.40. The van der Waals surface area contributed by atoms with Crippen LogP contribution < -0.4 is 15.3 Å². The van der Waals surface area contributed by atoms with Gasteiger partial charge in [0.2, 0.25) is 5.91 Å². The molecule has 3 aromatic heterocycles. The number of piperazine rings is 1. The molecule has 226 valence electrons. The summed E-state index contributed by atoms with van der Waals surface area (Å²) in [4.78, 5) is 43.2. The molecule has 1 amide bonds. The summed E-state index contributed by atoms with van der Waals surface area (Å²) < 4.78 is 32.4. The first-order valence-electron chi connectivity index (χ1n) is 14.6. The lowest BCUT2D eigenvalue weighted by Gasteiger charge is -2.40. The van der Waals surface area contributed by atoms with E-state index in [4.69, 9.17) is 0 Å². The first kappa shape index (κ1) is 27.9. The van der Waals surface area contributed by atoms with E-state index < -0.39 is 34.3 Å². The molecular formula is C31H29F2N7O4. The van der Waals surface area contributed by atoms with E-state index >= 15 is 8.78 Å². The van der Waals surface area contributed by atoms with Crippen LogP contribution >= 0.6 is 0 Å². The third kappa shape index (κ3) is 4.45. The number of halogens is 2. The maximum atomic E-state index is 16.0. The largest absolute Gasteiger partial charge is 0.710 e. The van der Waals surface area contributed by atoms with Crippen molar-refractivity contribution < 1.29 is 23.4 Å². The molecule has 0 bridgehead atoms. The molecule has 11 nitrogen and oxygen atoms in total. The summed E-state index contributed by atoms with van der Waals surface area (Å²) in [6, 6.07) is 4.09. The van der Waals surface area contributed by atoms with Crippen LogP contribution in [0.4, 0.5) is 14.6 Å². The SMILES string of the molecule is C=CC(=O)N1CCN(c2nc(=O)n(-c3c(C4CC4)ncnc3C3CC3)c3c2cc(F)c(-c2c(O)cccc2F)[n+]3[O-])[C@@H](C)C1. The van der Waals surface area contributed by atoms with Crippen molar-refractivity contribution in [1.29, 1.82) is 0 Å². The quantitative estimate of drug-likeness (QED) is 0.202. The third-order valence-electron chi connectivity index (χ3n) is 8.62. The molecule has 44 heavy (non-hydrogen) atoms. The number of aromatic hydroxyl groups is 1. The Balaban J connectivity index is 1.54. The Hall–Kier alpha value is -4.94. The zero-order valence-corrected chi connectivity index (χ0v) is 23.9. The van der Waals surface area contributed by atoms with Gasteiger partial charge in [0.15, 0.2) is 23.0 Å². The minimum Gasteiger partial charge on any atom is -0.710 e. The van der Waals surface area contributed by atoms with Crippen LogP contribution in [-0.2, 0) is 4.79 Å². The number of phenolic OH excluding ortho intramolecular Hbond substituents is 1. The summed E-state index contributed by atoms with van der Waals surface area (Å²) >= 11 is 0. The number of hydrogen-bond donors (Lipinski definition) is 1. The number of rotatable bonds is 6. The molecule has 1 aliphatic heterocycles. The van der Waals surface area contributed by atoms with Gasteiger partial charge in [-0.05, 0) is 56.9 Å². The Morgan fingerprint density at radius 1 is 1.11 bits per heavy atom. The summed E-state index contributed by atoms with van der Waals surface area (Å²) in [6.45, 7) is 6.19. The van der Waals surface area contributed by atoms with Gasteiger partial charge < -0.3 is 20.1 Å². The van der Waals surface area contributed by atoms with Crippen LogP contribution in [0.2, 0.25) is 0 Å². The molecule has 2 aliphatic carbocycles. The molecule has 4 heterocycles. The molecule has 1 saturated heterocycles. The van der Waals surface area contributed by atoms with E-state index in [1.165, 1.54) is 18.5 Å². The number of fused-ring (bicyclic) bond motifs is 1. The smallest absolute Gasteiger partial charge is 0.442 e. The van der Waals surface area contributed by atoms with Crippen molar-refractivity contribution in [3.05, 3.63) is 82.0 Å². The topological polar surface area (TPSA) is 131 Å². The Morgan fingerprint density at radius 2 is 1.80 bits per heavy atom. The molecule has 3 aliphatic rings. The highest BCUT2D eigenvalue weighted by atomic mass is 19.1. The van der Waals surface area contributed by atoms with E-state index in [0.717, 1.165) is 48.4 Å². The number of phenols is 1. The normalized spacial score (nSPS) is 18.6. The van der Waals surface area contributed by atoms with E-state index in [1.54, 1.807) is 9.80 Å². The highest BCUT2D eigenvalue weighted by molar-refractivity contribution is 5.89. The number of aromatic nitrogens is 5. The van der Waals surface area contributed by atoms with Crippen molar-refractivity contribution in [2.45, 2.75) is 50.5 Å². The monoisotopic (exact) mass is 601 g/mol. The molecular weight excluding hydrogens is 572 g/mol. The van der Waals surface area contributed by atoms with Crippen molar-refractivity contribution in [2.24, 2.45) is 0 Å². The maximum Gasteiger partial charge on any atom is 0.442 e. The Morgan fingerprint density at radius 3 is 2.39 bits per heavy atom. The van der Waals surface area contributed by atoms with Crippen LogP contribution in [0.25, 0.3) is 28.0 Å². The van der Waals surface area contributed by atoms with Gasteiger partial charge >= 0.3 is 11.3 Å². The fourth-order valence-electron chi connectivity index (χ4n) is 6.18. The van der Waals surface area contributed by atoms with Crippen molar-refractivity contribution >= 4 is 22.8 Å². The fraction of sp³-hybridized carbons (Fsp3) is 0.355. The van der Waals surface area contributed by atoms with E-state index in [0.29, 0.717) is 17.1 Å². The second-order valence-corrected chi connectivity index (χ2v) is 11.6. The third-order valence-corrected chi connectivity index (χ3v) is 8.62. The van der Waals surface area contributed by atoms with E-state index in [1.807, 2.05) is 6.92 Å². The van der Waals surface area contributed by atoms with Crippen molar-refractivity contribution in [3.63, 3.8) is 0 Å². The van der Waals surface area contributed by atoms with E-state index in [-0.39, 0.29) is 65.0 Å². The molecule has 0 radical (unpaired) electrons. The van der Waals surface area contributed by atoms with Gasteiger partial charge in [0.1, 0.15) is 28.8 Å². The highest BCUT2D eigenvalue weighted by Crippen LogP contribution is 2.47. The van der Waals surface area contributed by atoms with Crippen molar-refractivity contribution in [3.8, 4) is 22.7 Å². The van der Waals surface area contributed by atoms with Crippen molar-refractivity contribution in [1.82, 2.24) is 24.4 Å². The number of hydrogen-bond acceptors (Lipinski definition) is 8. The lowest BCUT2D eigenvalue weighted by Crippen LogP contribution is -2.54. The van der Waals surface area contributed by atoms with Crippen LogP contribution in [0.15, 0.2) is 48.0 Å². The number of carbonyl (C=O) groups is 1. The van der Waals surface area contributed by atoms with Crippen LogP contribution in [0.1, 0.15) is 55.8 Å². The summed E-state index contributed by atoms with van der Waals surface area (Å²) in [5, 5.41) is 24.9. The molecule has 3 fully saturated rings. The molecule has 1 aromatic carbocycles. The molecule has 2 saturated carbocycles. The van der Waals surface area contributed by atoms with Gasteiger partial charge in [-0.2, -0.15) is 4.98 Å². The Labute approximate surface area is 250 Å². The average Bonchev–Trinajstić information content (AvgIpc) is 3.92. The van der Waals surface area contributed by atoms with Gasteiger partial charge in [-0.25, -0.2) is 28.3 Å².